The van der Waals surface area contributed by atoms with Crippen LogP contribution in [0, 0.1) is 11.2 Å². The van der Waals surface area contributed by atoms with Crippen LogP contribution in [-0.4, -0.2) is 45.7 Å². The second kappa shape index (κ2) is 10.5. The van der Waals surface area contributed by atoms with Crippen molar-refractivity contribution < 1.29 is 14.2 Å². The molecule has 186 valence electrons. The maximum absolute atomic E-state index is 15.0. The second-order valence-corrected chi connectivity index (χ2v) is 9.89. The lowest BCUT2D eigenvalue weighted by Gasteiger charge is -2.35. The number of halogens is 1. The first-order chi connectivity index (χ1) is 16.8. The molecule has 8 heteroatoms. The van der Waals surface area contributed by atoms with Gasteiger partial charge in [0, 0.05) is 35.8 Å². The Balaban J connectivity index is 1.56. The van der Waals surface area contributed by atoms with Crippen molar-refractivity contribution in [3.63, 3.8) is 0 Å². The summed E-state index contributed by atoms with van der Waals surface area (Å²) in [6, 6.07) is 8.29. The van der Waals surface area contributed by atoms with Crippen LogP contribution in [0.2, 0.25) is 0 Å². The minimum Gasteiger partial charge on any atom is -0.507 e. The van der Waals surface area contributed by atoms with Crippen LogP contribution < -0.4 is 9.64 Å². The summed E-state index contributed by atoms with van der Waals surface area (Å²) in [5, 5.41) is 27.1. The number of aromatic hydroxyl groups is 1. The van der Waals surface area contributed by atoms with E-state index >= 15 is 4.39 Å². The Morgan fingerprint density at radius 1 is 1.14 bits per heavy atom. The van der Waals surface area contributed by atoms with Crippen LogP contribution in [0.25, 0.3) is 22.4 Å². The van der Waals surface area contributed by atoms with Crippen molar-refractivity contribution in [2.75, 3.05) is 19.1 Å². The number of phenols is 1. The molecule has 0 radical (unpaired) electrons. The monoisotopic (exact) mass is 479 g/mol. The predicted molar refractivity (Wildman–Crippen MR) is 135 cm³/mol. The molecule has 1 aliphatic carbocycles. The number of benzene rings is 1. The Kier molecular flexibility index (Phi) is 7.48. The summed E-state index contributed by atoms with van der Waals surface area (Å²) < 4.78 is 20.1. The summed E-state index contributed by atoms with van der Waals surface area (Å²) in [5.74, 6) is 0.446. The van der Waals surface area contributed by atoms with Gasteiger partial charge in [-0.25, -0.2) is 4.39 Å². The number of hydrogen-bond acceptors (Lipinski definition) is 7. The van der Waals surface area contributed by atoms with E-state index in [2.05, 4.69) is 46.2 Å². The minimum absolute atomic E-state index is 0.0910. The molecule has 7 nitrogen and oxygen atoms in total. The Hall–Kier alpha value is -3.29. The number of anilines is 1. The standard InChI is InChI=1S/C27H34FN5O2/c1-5-11-27(2)12-7-6-8-19(16-27)33(3)25-10-9-23(30-31-25)21-14-22(28)20(15-24(21)34)18-13-26(35-4)32-29-17-18/h9-10,13-15,17,19,34H,5-8,11-12,16H2,1-4H3/t19-,27+/m0/s1. The maximum atomic E-state index is 15.0. The number of rotatable bonds is 7. The molecule has 2 heterocycles. The third kappa shape index (κ3) is 5.52. The van der Waals surface area contributed by atoms with Gasteiger partial charge in [0.05, 0.1) is 19.0 Å². The highest BCUT2D eigenvalue weighted by Crippen LogP contribution is 2.41. The number of nitrogens with zero attached hydrogens (tertiary/aromatic N) is 5. The molecule has 1 N–H and O–H groups in total. The molecular weight excluding hydrogens is 445 g/mol. The molecule has 1 aromatic carbocycles. The Bertz CT molecular complexity index is 1160. The summed E-state index contributed by atoms with van der Waals surface area (Å²) in [6.07, 6.45) is 9.91. The quantitative estimate of drug-likeness (QED) is 0.414. The van der Waals surface area contributed by atoms with Crippen LogP contribution in [0.15, 0.2) is 36.5 Å². The predicted octanol–water partition coefficient (Wildman–Crippen LogP) is 6.03. The van der Waals surface area contributed by atoms with E-state index in [1.807, 2.05) is 6.07 Å². The summed E-state index contributed by atoms with van der Waals surface area (Å²) in [7, 11) is 3.54. The average Bonchev–Trinajstić information content (AvgIpc) is 3.06. The van der Waals surface area contributed by atoms with E-state index in [0.717, 1.165) is 18.7 Å². The van der Waals surface area contributed by atoms with Gasteiger partial charge in [0.25, 0.3) is 0 Å². The molecule has 0 bridgehead atoms. The first-order valence-electron chi connectivity index (χ1n) is 12.3. The van der Waals surface area contributed by atoms with Gasteiger partial charge in [-0.2, -0.15) is 5.10 Å². The number of methoxy groups -OCH3 is 1. The summed E-state index contributed by atoms with van der Waals surface area (Å²) in [5.41, 5.74) is 1.71. The molecule has 0 aliphatic heterocycles. The Labute approximate surface area is 206 Å². The number of ether oxygens (including phenoxy) is 1. The fourth-order valence-electron chi connectivity index (χ4n) is 5.29. The van der Waals surface area contributed by atoms with E-state index in [4.69, 9.17) is 4.74 Å². The first-order valence-corrected chi connectivity index (χ1v) is 12.3. The summed E-state index contributed by atoms with van der Waals surface area (Å²) >= 11 is 0. The number of phenolic OH excluding ortho intramolecular Hbond substituents is 1. The lowest BCUT2D eigenvalue weighted by Crippen LogP contribution is -2.36. The van der Waals surface area contributed by atoms with Crippen LogP contribution >= 0.6 is 0 Å². The molecule has 0 spiro atoms. The normalized spacial score (nSPS) is 20.3. The Morgan fingerprint density at radius 2 is 1.97 bits per heavy atom. The van der Waals surface area contributed by atoms with Crippen molar-refractivity contribution in [1.29, 1.82) is 0 Å². The van der Waals surface area contributed by atoms with Gasteiger partial charge in [0.15, 0.2) is 5.82 Å². The van der Waals surface area contributed by atoms with Gasteiger partial charge in [0.2, 0.25) is 5.88 Å². The lowest BCUT2D eigenvalue weighted by atomic mass is 9.77. The number of hydrogen-bond donors (Lipinski definition) is 1. The van der Waals surface area contributed by atoms with Crippen molar-refractivity contribution in [2.24, 2.45) is 5.41 Å². The molecule has 4 rings (SSSR count). The molecular formula is C27H34FN5O2. The largest absolute Gasteiger partial charge is 0.507 e. The van der Waals surface area contributed by atoms with Gasteiger partial charge in [-0.15, -0.1) is 15.3 Å². The third-order valence-electron chi connectivity index (χ3n) is 7.22. The zero-order valence-corrected chi connectivity index (χ0v) is 21.0. The van der Waals surface area contributed by atoms with E-state index in [0.29, 0.717) is 22.7 Å². The molecule has 3 aromatic rings. The van der Waals surface area contributed by atoms with Gasteiger partial charge in [-0.05, 0) is 55.4 Å². The fourth-order valence-corrected chi connectivity index (χ4v) is 5.29. The van der Waals surface area contributed by atoms with Crippen LogP contribution in [0.4, 0.5) is 10.2 Å². The van der Waals surface area contributed by atoms with Crippen LogP contribution in [0.3, 0.4) is 0 Å². The molecule has 2 atom stereocenters. The van der Waals surface area contributed by atoms with Crippen LogP contribution in [0.5, 0.6) is 11.6 Å². The van der Waals surface area contributed by atoms with Gasteiger partial charge < -0.3 is 14.7 Å². The molecule has 0 amide bonds. The summed E-state index contributed by atoms with van der Waals surface area (Å²) in [6.45, 7) is 4.67. The SMILES string of the molecule is CCC[C@]1(C)CCCC[C@H](N(C)c2ccc(-c3cc(F)c(-c4cnnc(OC)c4)cc3O)nn2)C1. The van der Waals surface area contributed by atoms with Gasteiger partial charge in [-0.1, -0.05) is 33.1 Å². The van der Waals surface area contributed by atoms with E-state index in [9.17, 15) is 5.11 Å². The number of aromatic nitrogens is 4. The third-order valence-corrected chi connectivity index (χ3v) is 7.22. The van der Waals surface area contributed by atoms with Crippen molar-refractivity contribution in [1.82, 2.24) is 20.4 Å². The molecule has 1 saturated carbocycles. The van der Waals surface area contributed by atoms with Crippen LogP contribution in [0.1, 0.15) is 58.8 Å². The zero-order chi connectivity index (χ0) is 25.0. The molecule has 0 saturated heterocycles. The molecule has 0 unspecified atom stereocenters. The summed E-state index contributed by atoms with van der Waals surface area (Å²) in [4.78, 5) is 2.23. The van der Waals surface area contributed by atoms with E-state index < -0.39 is 5.82 Å². The first kappa shape index (κ1) is 24.8. The highest BCUT2D eigenvalue weighted by Gasteiger charge is 2.32. The van der Waals surface area contributed by atoms with Crippen molar-refractivity contribution in [2.45, 2.75) is 64.8 Å². The maximum Gasteiger partial charge on any atom is 0.233 e. The minimum atomic E-state index is -0.510. The van der Waals surface area contributed by atoms with Crippen molar-refractivity contribution in [3.05, 3.63) is 42.3 Å². The topological polar surface area (TPSA) is 84.3 Å². The average molecular weight is 480 g/mol. The fraction of sp³-hybridized carbons (Fsp3) is 0.481. The van der Waals surface area contributed by atoms with Crippen molar-refractivity contribution in [3.8, 4) is 34.0 Å². The molecule has 1 fully saturated rings. The highest BCUT2D eigenvalue weighted by molar-refractivity contribution is 5.75. The second-order valence-electron chi connectivity index (χ2n) is 9.89. The molecule has 35 heavy (non-hydrogen) atoms. The Morgan fingerprint density at radius 3 is 2.69 bits per heavy atom. The van der Waals surface area contributed by atoms with Gasteiger partial charge in [0.1, 0.15) is 11.6 Å². The van der Waals surface area contributed by atoms with E-state index in [1.165, 1.54) is 57.5 Å². The molecule has 2 aromatic heterocycles. The van der Waals surface area contributed by atoms with Gasteiger partial charge >= 0.3 is 0 Å². The van der Waals surface area contributed by atoms with E-state index in [1.54, 1.807) is 12.1 Å². The highest BCUT2D eigenvalue weighted by atomic mass is 19.1. The van der Waals surface area contributed by atoms with E-state index in [-0.39, 0.29) is 22.8 Å². The van der Waals surface area contributed by atoms with Crippen LogP contribution in [-0.2, 0) is 0 Å². The lowest BCUT2D eigenvalue weighted by molar-refractivity contribution is 0.238. The zero-order valence-electron chi connectivity index (χ0n) is 21.0. The van der Waals surface area contributed by atoms with Crippen molar-refractivity contribution >= 4 is 5.82 Å². The smallest absolute Gasteiger partial charge is 0.233 e. The molecule has 1 aliphatic rings. The van der Waals surface area contributed by atoms with Gasteiger partial charge in [-0.3, -0.25) is 0 Å².